The van der Waals surface area contributed by atoms with Crippen LogP contribution < -0.4 is 5.73 Å². The number of rotatable bonds is 2. The molecule has 3 heteroatoms. The first-order valence-corrected chi connectivity index (χ1v) is 6.74. The molecular formula is C15H20N2O. The van der Waals surface area contributed by atoms with Crippen LogP contribution in [0.3, 0.4) is 0 Å². The van der Waals surface area contributed by atoms with Crippen LogP contribution in [-0.2, 0) is 12.1 Å². The average Bonchev–Trinajstić information content (AvgIpc) is 2.63. The predicted molar refractivity (Wildman–Crippen MR) is 71.2 cm³/mol. The van der Waals surface area contributed by atoms with Crippen LogP contribution in [0.1, 0.15) is 54.6 Å². The van der Waals surface area contributed by atoms with Gasteiger partial charge in [0.2, 0.25) is 0 Å². The SMILES string of the molecule is CC(C)N1Cc2ccc(C3(N)CCC3)cc2C1=O. The van der Waals surface area contributed by atoms with E-state index in [4.69, 9.17) is 5.73 Å². The number of benzene rings is 1. The molecule has 0 radical (unpaired) electrons. The lowest BCUT2D eigenvalue weighted by Crippen LogP contribution is -2.43. The molecule has 1 saturated carbocycles. The van der Waals surface area contributed by atoms with E-state index in [2.05, 4.69) is 26.0 Å². The Morgan fingerprint density at radius 2 is 2.06 bits per heavy atom. The summed E-state index contributed by atoms with van der Waals surface area (Å²) >= 11 is 0. The zero-order valence-electron chi connectivity index (χ0n) is 11.1. The molecule has 0 unspecified atom stereocenters. The molecule has 96 valence electrons. The molecule has 3 rings (SSSR count). The second kappa shape index (κ2) is 3.82. The molecule has 18 heavy (non-hydrogen) atoms. The maximum Gasteiger partial charge on any atom is 0.254 e. The summed E-state index contributed by atoms with van der Waals surface area (Å²) in [6, 6.07) is 6.47. The van der Waals surface area contributed by atoms with E-state index in [0.29, 0.717) is 0 Å². The van der Waals surface area contributed by atoms with Crippen molar-refractivity contribution in [1.29, 1.82) is 0 Å². The fourth-order valence-corrected chi connectivity index (χ4v) is 2.90. The van der Waals surface area contributed by atoms with E-state index >= 15 is 0 Å². The number of nitrogens with zero attached hydrogens (tertiary/aromatic N) is 1. The number of carbonyl (C=O) groups is 1. The van der Waals surface area contributed by atoms with Crippen LogP contribution in [0.5, 0.6) is 0 Å². The molecule has 1 aliphatic carbocycles. The minimum atomic E-state index is -0.180. The molecule has 1 aromatic rings. The molecule has 1 aliphatic heterocycles. The molecule has 0 atom stereocenters. The molecule has 1 amide bonds. The molecule has 2 aliphatic rings. The smallest absolute Gasteiger partial charge is 0.254 e. The van der Waals surface area contributed by atoms with Gasteiger partial charge in [-0.1, -0.05) is 12.1 Å². The van der Waals surface area contributed by atoms with E-state index in [1.54, 1.807) is 0 Å². The van der Waals surface area contributed by atoms with Crippen LogP contribution in [0.2, 0.25) is 0 Å². The van der Waals surface area contributed by atoms with Gasteiger partial charge in [0.1, 0.15) is 0 Å². The van der Waals surface area contributed by atoms with Gasteiger partial charge in [0.25, 0.3) is 5.91 Å². The summed E-state index contributed by atoms with van der Waals surface area (Å²) in [7, 11) is 0. The van der Waals surface area contributed by atoms with Crippen LogP contribution in [0.15, 0.2) is 18.2 Å². The van der Waals surface area contributed by atoms with Crippen molar-refractivity contribution in [2.45, 2.75) is 51.2 Å². The average molecular weight is 244 g/mol. The van der Waals surface area contributed by atoms with Gasteiger partial charge in [-0.15, -0.1) is 0 Å². The summed E-state index contributed by atoms with van der Waals surface area (Å²) in [5.41, 5.74) is 9.28. The van der Waals surface area contributed by atoms with E-state index in [-0.39, 0.29) is 17.5 Å². The zero-order valence-corrected chi connectivity index (χ0v) is 11.1. The largest absolute Gasteiger partial charge is 0.332 e. The van der Waals surface area contributed by atoms with E-state index in [1.807, 2.05) is 11.0 Å². The predicted octanol–water partition coefficient (Wildman–Crippen LogP) is 2.39. The van der Waals surface area contributed by atoms with Crippen molar-refractivity contribution in [3.05, 3.63) is 34.9 Å². The number of nitrogens with two attached hydrogens (primary N) is 1. The molecule has 0 bridgehead atoms. The van der Waals surface area contributed by atoms with Crippen molar-refractivity contribution in [2.75, 3.05) is 0 Å². The first-order valence-electron chi connectivity index (χ1n) is 6.74. The normalized spacial score (nSPS) is 21.1. The Morgan fingerprint density at radius 1 is 1.33 bits per heavy atom. The van der Waals surface area contributed by atoms with Crippen LogP contribution in [0.25, 0.3) is 0 Å². The van der Waals surface area contributed by atoms with Gasteiger partial charge in [-0.2, -0.15) is 0 Å². The number of fused-ring (bicyclic) bond motifs is 1. The molecule has 0 spiro atoms. The van der Waals surface area contributed by atoms with E-state index in [1.165, 1.54) is 6.42 Å². The topological polar surface area (TPSA) is 46.3 Å². The van der Waals surface area contributed by atoms with E-state index in [0.717, 1.165) is 36.1 Å². The Bertz CT molecular complexity index is 503. The lowest BCUT2D eigenvalue weighted by Gasteiger charge is -2.38. The molecule has 2 N–H and O–H groups in total. The summed E-state index contributed by atoms with van der Waals surface area (Å²) < 4.78 is 0. The monoisotopic (exact) mass is 244 g/mol. The molecule has 1 fully saturated rings. The third-order valence-corrected chi connectivity index (χ3v) is 4.39. The summed E-state index contributed by atoms with van der Waals surface area (Å²) in [4.78, 5) is 14.2. The standard InChI is InChI=1S/C15H20N2O/c1-10(2)17-9-11-4-5-12(8-13(11)14(17)18)15(16)6-3-7-15/h4-5,8,10H,3,6-7,9,16H2,1-2H3. The second-order valence-electron chi connectivity index (χ2n) is 5.91. The van der Waals surface area contributed by atoms with Crippen LogP contribution >= 0.6 is 0 Å². The number of amides is 1. The Morgan fingerprint density at radius 3 is 2.61 bits per heavy atom. The van der Waals surface area contributed by atoms with Gasteiger partial charge in [-0.25, -0.2) is 0 Å². The highest BCUT2D eigenvalue weighted by Crippen LogP contribution is 2.40. The Labute approximate surface area is 108 Å². The fraction of sp³-hybridized carbons (Fsp3) is 0.533. The number of hydrogen-bond donors (Lipinski definition) is 1. The van der Waals surface area contributed by atoms with Crippen LogP contribution in [0.4, 0.5) is 0 Å². The lowest BCUT2D eigenvalue weighted by atomic mass is 9.72. The van der Waals surface area contributed by atoms with Crippen molar-refractivity contribution < 1.29 is 4.79 Å². The Hall–Kier alpha value is -1.35. The fourth-order valence-electron chi connectivity index (χ4n) is 2.90. The van der Waals surface area contributed by atoms with Crippen LogP contribution in [0, 0.1) is 0 Å². The third-order valence-electron chi connectivity index (χ3n) is 4.39. The highest BCUT2D eigenvalue weighted by Gasteiger charge is 2.36. The Kier molecular flexibility index (Phi) is 2.49. The summed E-state index contributed by atoms with van der Waals surface area (Å²) in [5.74, 6) is 0.157. The molecule has 1 aromatic carbocycles. The Balaban J connectivity index is 1.96. The molecule has 3 nitrogen and oxygen atoms in total. The van der Waals surface area contributed by atoms with Crippen molar-refractivity contribution >= 4 is 5.91 Å². The quantitative estimate of drug-likeness (QED) is 0.868. The molecular weight excluding hydrogens is 224 g/mol. The van der Waals surface area contributed by atoms with Crippen LogP contribution in [-0.4, -0.2) is 16.8 Å². The van der Waals surface area contributed by atoms with Gasteiger partial charge < -0.3 is 10.6 Å². The minimum absolute atomic E-state index is 0.157. The van der Waals surface area contributed by atoms with Gasteiger partial charge in [0.15, 0.2) is 0 Å². The minimum Gasteiger partial charge on any atom is -0.332 e. The number of carbonyl (C=O) groups excluding carboxylic acids is 1. The van der Waals surface area contributed by atoms with Gasteiger partial charge in [0, 0.05) is 23.7 Å². The maximum atomic E-state index is 12.3. The number of hydrogen-bond acceptors (Lipinski definition) is 2. The first-order chi connectivity index (χ1) is 8.51. The lowest BCUT2D eigenvalue weighted by molar-refractivity contribution is 0.0730. The van der Waals surface area contributed by atoms with Crippen molar-refractivity contribution in [3.8, 4) is 0 Å². The van der Waals surface area contributed by atoms with Gasteiger partial charge in [-0.05, 0) is 50.3 Å². The molecule has 1 heterocycles. The van der Waals surface area contributed by atoms with E-state index < -0.39 is 0 Å². The van der Waals surface area contributed by atoms with E-state index in [9.17, 15) is 4.79 Å². The molecule has 0 saturated heterocycles. The van der Waals surface area contributed by atoms with Crippen molar-refractivity contribution in [3.63, 3.8) is 0 Å². The van der Waals surface area contributed by atoms with Gasteiger partial charge in [-0.3, -0.25) is 4.79 Å². The highest BCUT2D eigenvalue weighted by atomic mass is 16.2. The maximum absolute atomic E-state index is 12.3. The van der Waals surface area contributed by atoms with Crippen molar-refractivity contribution in [1.82, 2.24) is 4.90 Å². The van der Waals surface area contributed by atoms with Gasteiger partial charge >= 0.3 is 0 Å². The summed E-state index contributed by atoms with van der Waals surface area (Å²) in [5, 5.41) is 0. The third kappa shape index (κ3) is 1.57. The second-order valence-corrected chi connectivity index (χ2v) is 5.91. The first kappa shape index (κ1) is 11.7. The molecule has 0 aromatic heterocycles. The highest BCUT2D eigenvalue weighted by molar-refractivity contribution is 5.98. The summed E-state index contributed by atoms with van der Waals surface area (Å²) in [6.07, 6.45) is 3.27. The zero-order chi connectivity index (χ0) is 12.9. The summed E-state index contributed by atoms with van der Waals surface area (Å²) in [6.45, 7) is 4.85. The van der Waals surface area contributed by atoms with Gasteiger partial charge in [0.05, 0.1) is 0 Å². The van der Waals surface area contributed by atoms with Crippen molar-refractivity contribution in [2.24, 2.45) is 5.73 Å².